The van der Waals surface area contributed by atoms with Gasteiger partial charge in [-0.15, -0.1) is 11.3 Å². The SMILES string of the molecule is CCOc1ccccc1CCNC(=NC)NCCc1ncc(CC)s1. The Bertz CT molecular complexity index is 669. The van der Waals surface area contributed by atoms with E-state index in [1.807, 2.05) is 31.3 Å². The molecule has 2 rings (SSSR count). The van der Waals surface area contributed by atoms with Crippen LogP contribution < -0.4 is 15.4 Å². The van der Waals surface area contributed by atoms with E-state index < -0.39 is 0 Å². The molecule has 25 heavy (non-hydrogen) atoms. The van der Waals surface area contributed by atoms with E-state index in [1.165, 1.54) is 15.4 Å². The molecule has 0 saturated heterocycles. The Labute approximate surface area is 154 Å². The first-order chi connectivity index (χ1) is 12.3. The molecule has 2 N–H and O–H groups in total. The van der Waals surface area contributed by atoms with Gasteiger partial charge in [0.2, 0.25) is 0 Å². The number of aryl methyl sites for hydroxylation is 1. The summed E-state index contributed by atoms with van der Waals surface area (Å²) in [4.78, 5) is 10.1. The molecule has 1 aromatic heterocycles. The van der Waals surface area contributed by atoms with Gasteiger partial charge in [0.25, 0.3) is 0 Å². The van der Waals surface area contributed by atoms with Crippen LogP contribution in [0.25, 0.3) is 0 Å². The van der Waals surface area contributed by atoms with Crippen LogP contribution in [0.2, 0.25) is 0 Å². The fraction of sp³-hybridized carbons (Fsp3) is 0.474. The summed E-state index contributed by atoms with van der Waals surface area (Å²) in [7, 11) is 1.79. The van der Waals surface area contributed by atoms with Gasteiger partial charge in [-0.25, -0.2) is 4.98 Å². The zero-order valence-electron chi connectivity index (χ0n) is 15.3. The Hall–Kier alpha value is -2.08. The first-order valence-corrected chi connectivity index (χ1v) is 9.67. The lowest BCUT2D eigenvalue weighted by atomic mass is 10.1. The number of aliphatic imine (C=N–C) groups is 1. The molecule has 0 spiro atoms. The zero-order chi connectivity index (χ0) is 17.9. The summed E-state index contributed by atoms with van der Waals surface area (Å²) in [6.07, 6.45) is 4.84. The van der Waals surface area contributed by atoms with Crippen molar-refractivity contribution < 1.29 is 4.74 Å². The first-order valence-electron chi connectivity index (χ1n) is 8.85. The van der Waals surface area contributed by atoms with E-state index in [9.17, 15) is 0 Å². The minimum atomic E-state index is 0.685. The summed E-state index contributed by atoms with van der Waals surface area (Å²) >= 11 is 1.79. The Morgan fingerprint density at radius 1 is 1.16 bits per heavy atom. The minimum Gasteiger partial charge on any atom is -0.494 e. The van der Waals surface area contributed by atoms with Crippen molar-refractivity contribution >= 4 is 17.3 Å². The van der Waals surface area contributed by atoms with Crippen molar-refractivity contribution in [1.29, 1.82) is 0 Å². The quantitative estimate of drug-likeness (QED) is 0.533. The molecule has 0 saturated carbocycles. The third-order valence-electron chi connectivity index (χ3n) is 3.76. The Kier molecular flexibility index (Phi) is 8.25. The average Bonchev–Trinajstić information content (AvgIpc) is 3.10. The molecule has 1 heterocycles. The van der Waals surface area contributed by atoms with Crippen LogP contribution in [0, 0.1) is 0 Å². The van der Waals surface area contributed by atoms with Gasteiger partial charge in [-0.2, -0.15) is 0 Å². The molecule has 0 amide bonds. The summed E-state index contributed by atoms with van der Waals surface area (Å²) in [5.41, 5.74) is 1.21. The van der Waals surface area contributed by atoms with Crippen LogP contribution in [0.15, 0.2) is 35.5 Å². The summed E-state index contributed by atoms with van der Waals surface area (Å²) in [5, 5.41) is 7.87. The number of ether oxygens (including phenoxy) is 1. The smallest absolute Gasteiger partial charge is 0.191 e. The highest BCUT2D eigenvalue weighted by atomic mass is 32.1. The van der Waals surface area contributed by atoms with Gasteiger partial charge < -0.3 is 15.4 Å². The van der Waals surface area contributed by atoms with Crippen LogP contribution in [-0.2, 0) is 19.3 Å². The van der Waals surface area contributed by atoms with E-state index in [4.69, 9.17) is 4.74 Å². The maximum Gasteiger partial charge on any atom is 0.191 e. The average molecular weight is 361 g/mol. The molecular formula is C19H28N4OS. The van der Waals surface area contributed by atoms with Gasteiger partial charge in [0.05, 0.1) is 11.6 Å². The number of hydrogen-bond acceptors (Lipinski definition) is 4. The van der Waals surface area contributed by atoms with Crippen molar-refractivity contribution in [3.05, 3.63) is 45.9 Å². The highest BCUT2D eigenvalue weighted by Crippen LogP contribution is 2.18. The van der Waals surface area contributed by atoms with E-state index in [2.05, 4.69) is 33.6 Å². The Balaban J connectivity index is 1.73. The number of benzene rings is 1. The molecule has 0 atom stereocenters. The number of hydrogen-bond donors (Lipinski definition) is 2. The number of nitrogens with zero attached hydrogens (tertiary/aromatic N) is 2. The molecule has 0 aliphatic rings. The van der Waals surface area contributed by atoms with Gasteiger partial charge in [0.15, 0.2) is 5.96 Å². The molecule has 0 aliphatic heterocycles. The minimum absolute atomic E-state index is 0.685. The van der Waals surface area contributed by atoms with E-state index >= 15 is 0 Å². The lowest BCUT2D eigenvalue weighted by molar-refractivity contribution is 0.336. The zero-order valence-corrected chi connectivity index (χ0v) is 16.2. The topological polar surface area (TPSA) is 58.5 Å². The van der Waals surface area contributed by atoms with Gasteiger partial charge in [-0.1, -0.05) is 25.1 Å². The molecule has 5 nitrogen and oxygen atoms in total. The predicted molar refractivity (Wildman–Crippen MR) is 106 cm³/mol. The highest BCUT2D eigenvalue weighted by molar-refractivity contribution is 7.11. The molecule has 0 aliphatic carbocycles. The third-order valence-corrected chi connectivity index (χ3v) is 4.97. The van der Waals surface area contributed by atoms with E-state index in [0.717, 1.165) is 44.1 Å². The number of rotatable bonds is 9. The van der Waals surface area contributed by atoms with E-state index in [-0.39, 0.29) is 0 Å². The van der Waals surface area contributed by atoms with Crippen LogP contribution in [0.4, 0.5) is 0 Å². The van der Waals surface area contributed by atoms with E-state index in [0.29, 0.717) is 6.61 Å². The number of para-hydroxylation sites is 1. The maximum atomic E-state index is 5.67. The van der Waals surface area contributed by atoms with Gasteiger partial charge in [-0.05, 0) is 31.4 Å². The van der Waals surface area contributed by atoms with Gasteiger partial charge in [0.1, 0.15) is 5.75 Å². The summed E-state index contributed by atoms with van der Waals surface area (Å²) in [6, 6.07) is 8.18. The Morgan fingerprint density at radius 3 is 2.60 bits per heavy atom. The van der Waals surface area contributed by atoms with Crippen molar-refractivity contribution in [2.45, 2.75) is 33.1 Å². The van der Waals surface area contributed by atoms with Gasteiger partial charge in [-0.3, -0.25) is 4.99 Å². The lowest BCUT2D eigenvalue weighted by Crippen LogP contribution is -2.39. The third kappa shape index (κ3) is 6.38. The second-order valence-corrected chi connectivity index (χ2v) is 6.74. The van der Waals surface area contributed by atoms with Crippen molar-refractivity contribution in [3.63, 3.8) is 0 Å². The van der Waals surface area contributed by atoms with Gasteiger partial charge in [0, 0.05) is 37.6 Å². The number of nitrogens with one attached hydrogen (secondary N) is 2. The highest BCUT2D eigenvalue weighted by Gasteiger charge is 2.04. The van der Waals surface area contributed by atoms with Crippen LogP contribution >= 0.6 is 11.3 Å². The van der Waals surface area contributed by atoms with E-state index in [1.54, 1.807) is 18.4 Å². The fourth-order valence-corrected chi connectivity index (χ4v) is 3.32. The summed E-state index contributed by atoms with van der Waals surface area (Å²) in [6.45, 7) is 6.48. The van der Waals surface area contributed by atoms with Gasteiger partial charge >= 0.3 is 0 Å². The molecule has 2 aromatic rings. The van der Waals surface area contributed by atoms with Crippen LogP contribution in [0.1, 0.15) is 29.3 Å². The Morgan fingerprint density at radius 2 is 1.92 bits per heavy atom. The maximum absolute atomic E-state index is 5.67. The largest absolute Gasteiger partial charge is 0.494 e. The fourth-order valence-electron chi connectivity index (χ4n) is 2.46. The monoisotopic (exact) mass is 360 g/mol. The molecular weight excluding hydrogens is 332 g/mol. The number of guanidine groups is 1. The van der Waals surface area contributed by atoms with Crippen molar-refractivity contribution in [3.8, 4) is 5.75 Å². The molecule has 1 aromatic carbocycles. The first kappa shape index (κ1) is 19.2. The van der Waals surface area contributed by atoms with Crippen LogP contribution in [0.3, 0.4) is 0 Å². The molecule has 0 unspecified atom stereocenters. The molecule has 0 fully saturated rings. The number of aromatic nitrogens is 1. The molecule has 0 bridgehead atoms. The molecule has 6 heteroatoms. The molecule has 136 valence electrons. The second kappa shape index (κ2) is 10.7. The summed E-state index contributed by atoms with van der Waals surface area (Å²) < 4.78 is 5.67. The lowest BCUT2D eigenvalue weighted by Gasteiger charge is -2.13. The van der Waals surface area contributed by atoms with Crippen molar-refractivity contribution in [1.82, 2.24) is 15.6 Å². The van der Waals surface area contributed by atoms with Crippen LogP contribution in [-0.4, -0.2) is 37.7 Å². The van der Waals surface area contributed by atoms with Crippen molar-refractivity contribution in [2.24, 2.45) is 4.99 Å². The standard InChI is InChI=1S/C19H28N4OS/c1-4-16-14-23-18(25-16)11-13-22-19(20-3)21-12-10-15-8-6-7-9-17(15)24-5-2/h6-9,14H,4-5,10-13H2,1-3H3,(H2,20,21,22). The summed E-state index contributed by atoms with van der Waals surface area (Å²) in [5.74, 6) is 1.78. The second-order valence-electron chi connectivity index (χ2n) is 5.54. The van der Waals surface area contributed by atoms with Crippen LogP contribution in [0.5, 0.6) is 5.75 Å². The van der Waals surface area contributed by atoms with Crippen molar-refractivity contribution in [2.75, 3.05) is 26.7 Å². The normalized spacial score (nSPS) is 11.4. The predicted octanol–water partition coefficient (Wildman–Crippen LogP) is 3.05. The number of thiazole rings is 1. The molecule has 0 radical (unpaired) electrons.